The van der Waals surface area contributed by atoms with E-state index in [4.69, 9.17) is 20.5 Å². The summed E-state index contributed by atoms with van der Waals surface area (Å²) in [6.45, 7) is 1.13. The van der Waals surface area contributed by atoms with Crippen molar-refractivity contribution in [1.82, 2.24) is 49.7 Å². The van der Waals surface area contributed by atoms with Crippen LogP contribution in [-0.2, 0) is 26.7 Å². The second kappa shape index (κ2) is 9.28. The van der Waals surface area contributed by atoms with E-state index in [1.807, 2.05) is 0 Å². The molecule has 2 aliphatic carbocycles. The van der Waals surface area contributed by atoms with Crippen LogP contribution in [0.3, 0.4) is 0 Å². The first kappa shape index (κ1) is 24.7. The molecule has 0 saturated heterocycles. The highest BCUT2D eigenvalue weighted by Crippen LogP contribution is 2.40. The number of aromatic nitrogens is 8. The Kier molecular flexibility index (Phi) is 6.03. The minimum atomic E-state index is -2.75. The van der Waals surface area contributed by atoms with E-state index in [-0.39, 0.29) is 59.2 Å². The SMILES string of the molecule is Nc1nc(O)c2ncn(CC3(NCO[PH](=O)OCNC4(Cn5cnc6c(O)nc(N)nc65)CC4)CC3)c2n1. The van der Waals surface area contributed by atoms with E-state index >= 15 is 0 Å². The number of nitrogens with two attached hydrogens (primary N) is 2. The van der Waals surface area contributed by atoms with Gasteiger partial charge in [0.05, 0.1) is 12.7 Å². The van der Waals surface area contributed by atoms with Gasteiger partial charge >= 0.3 is 8.25 Å². The molecule has 0 radical (unpaired) electrons. The summed E-state index contributed by atoms with van der Waals surface area (Å²) in [4.78, 5) is 24.1. The Bertz CT molecular complexity index is 1420. The lowest BCUT2D eigenvalue weighted by molar-refractivity contribution is 0.179. The summed E-state index contributed by atoms with van der Waals surface area (Å²) in [5.74, 6) is -0.597. The van der Waals surface area contributed by atoms with Crippen LogP contribution in [0.5, 0.6) is 11.8 Å². The van der Waals surface area contributed by atoms with Crippen LogP contribution in [0.2, 0.25) is 0 Å². The highest BCUT2D eigenvalue weighted by molar-refractivity contribution is 7.33. The fourth-order valence-electron chi connectivity index (χ4n) is 4.40. The van der Waals surface area contributed by atoms with Crippen molar-refractivity contribution >= 4 is 42.5 Å². The molecule has 0 atom stereocenters. The van der Waals surface area contributed by atoms with Crippen LogP contribution in [0.1, 0.15) is 25.7 Å². The quantitative estimate of drug-likeness (QED) is 0.0998. The van der Waals surface area contributed by atoms with Gasteiger partial charge in [0.2, 0.25) is 23.7 Å². The Morgan fingerprint density at radius 1 is 0.816 bits per heavy atom. The van der Waals surface area contributed by atoms with Gasteiger partial charge in [-0.2, -0.15) is 19.9 Å². The standard InChI is InChI=1S/C20H27N12O5P/c21-17-27-13-11(15(33)29-17)23-7-31(13)5-19(1-2-19)25-9-36-38(35)37-10-26-20(3-4-20)6-32-8-24-12-14(32)28-18(22)30-16(12)34/h7-8,25-26,38H,1-6,9-10H2,(H3,21,27,29,33)(H3,22,28,30,34). The summed E-state index contributed by atoms with van der Waals surface area (Å²) in [7, 11) is -2.75. The van der Waals surface area contributed by atoms with E-state index in [1.165, 1.54) is 0 Å². The lowest BCUT2D eigenvalue weighted by Crippen LogP contribution is -2.37. The fraction of sp³-hybridized carbons (Fsp3) is 0.500. The van der Waals surface area contributed by atoms with Gasteiger partial charge < -0.3 is 30.8 Å². The minimum Gasteiger partial charge on any atom is -0.492 e. The molecule has 4 aromatic heterocycles. The lowest BCUT2D eigenvalue weighted by Gasteiger charge is -2.19. The molecule has 2 fully saturated rings. The maximum absolute atomic E-state index is 12.3. The van der Waals surface area contributed by atoms with Crippen LogP contribution >= 0.6 is 8.25 Å². The molecule has 4 aromatic rings. The number of hydrogen-bond acceptors (Lipinski definition) is 15. The zero-order chi connectivity index (χ0) is 26.5. The molecule has 0 aliphatic heterocycles. The van der Waals surface area contributed by atoms with E-state index in [0.717, 1.165) is 25.7 Å². The molecule has 4 heterocycles. The van der Waals surface area contributed by atoms with Crippen LogP contribution in [0.25, 0.3) is 22.3 Å². The first-order chi connectivity index (χ1) is 18.2. The smallest absolute Gasteiger partial charge is 0.321 e. The number of anilines is 2. The third kappa shape index (κ3) is 4.93. The monoisotopic (exact) mass is 546 g/mol. The normalized spacial score (nSPS) is 17.5. The Labute approximate surface area is 215 Å². The molecule has 0 unspecified atom stereocenters. The van der Waals surface area contributed by atoms with Crippen molar-refractivity contribution in [2.75, 3.05) is 24.9 Å². The molecule has 2 saturated carbocycles. The number of imidazole rings is 2. The van der Waals surface area contributed by atoms with Gasteiger partial charge in [-0.3, -0.25) is 24.2 Å². The fourth-order valence-corrected chi connectivity index (χ4v) is 4.86. The topological polar surface area (TPSA) is 239 Å². The van der Waals surface area contributed by atoms with Gasteiger partial charge in [0, 0.05) is 24.2 Å². The van der Waals surface area contributed by atoms with Crippen LogP contribution < -0.4 is 22.1 Å². The Balaban J connectivity index is 0.964. The molecular weight excluding hydrogens is 519 g/mol. The largest absolute Gasteiger partial charge is 0.492 e. The molecule has 17 nitrogen and oxygen atoms in total. The van der Waals surface area contributed by atoms with Crippen LogP contribution in [-0.4, -0.2) is 73.8 Å². The molecule has 0 aromatic carbocycles. The van der Waals surface area contributed by atoms with E-state index in [2.05, 4.69) is 40.5 Å². The van der Waals surface area contributed by atoms with Crippen LogP contribution in [0.4, 0.5) is 11.9 Å². The molecule has 0 bridgehead atoms. The number of nitrogen functional groups attached to an aromatic ring is 2. The first-order valence-corrected chi connectivity index (χ1v) is 13.1. The number of nitrogens with zero attached hydrogens (tertiary/aromatic N) is 8. The van der Waals surface area contributed by atoms with Crippen molar-refractivity contribution in [2.24, 2.45) is 0 Å². The van der Waals surface area contributed by atoms with Gasteiger partial charge in [0.25, 0.3) is 0 Å². The zero-order valence-electron chi connectivity index (χ0n) is 20.2. The van der Waals surface area contributed by atoms with Crippen molar-refractivity contribution in [2.45, 2.75) is 49.9 Å². The Hall–Kier alpha value is -3.63. The molecule has 0 amide bonds. The van der Waals surface area contributed by atoms with Crippen molar-refractivity contribution in [3.63, 3.8) is 0 Å². The van der Waals surface area contributed by atoms with E-state index in [9.17, 15) is 14.8 Å². The maximum Gasteiger partial charge on any atom is 0.321 e. The van der Waals surface area contributed by atoms with E-state index in [1.54, 1.807) is 21.8 Å². The molecule has 0 spiro atoms. The number of fused-ring (bicyclic) bond motifs is 2. The lowest BCUT2D eigenvalue weighted by atomic mass is 10.3. The molecule has 6 rings (SSSR count). The van der Waals surface area contributed by atoms with Gasteiger partial charge in [0.15, 0.2) is 22.3 Å². The highest BCUT2D eigenvalue weighted by Gasteiger charge is 2.44. The van der Waals surface area contributed by atoms with E-state index in [0.29, 0.717) is 24.4 Å². The average molecular weight is 546 g/mol. The van der Waals surface area contributed by atoms with Crippen molar-refractivity contribution in [3.05, 3.63) is 12.7 Å². The number of rotatable bonds is 12. The van der Waals surface area contributed by atoms with Gasteiger partial charge in [-0.05, 0) is 25.7 Å². The summed E-state index contributed by atoms with van der Waals surface area (Å²) in [5, 5.41) is 26.4. The summed E-state index contributed by atoms with van der Waals surface area (Å²) in [5.41, 5.74) is 12.2. The van der Waals surface area contributed by atoms with Gasteiger partial charge in [-0.25, -0.2) is 9.97 Å². The Morgan fingerprint density at radius 2 is 1.24 bits per heavy atom. The van der Waals surface area contributed by atoms with Crippen molar-refractivity contribution < 1.29 is 23.8 Å². The Morgan fingerprint density at radius 3 is 1.63 bits per heavy atom. The third-order valence-corrected chi connectivity index (χ3v) is 7.61. The van der Waals surface area contributed by atoms with Gasteiger partial charge in [0.1, 0.15) is 13.5 Å². The molecule has 2 aliphatic rings. The van der Waals surface area contributed by atoms with Gasteiger partial charge in [-0.1, -0.05) is 0 Å². The summed E-state index contributed by atoms with van der Waals surface area (Å²) in [6.07, 6.45) is 6.67. The van der Waals surface area contributed by atoms with Gasteiger partial charge in [-0.15, -0.1) is 0 Å². The van der Waals surface area contributed by atoms with E-state index < -0.39 is 8.25 Å². The summed E-state index contributed by atoms with van der Waals surface area (Å²) in [6, 6.07) is 0. The number of hydrogen-bond donors (Lipinski definition) is 6. The number of aromatic hydroxyl groups is 2. The molecular formula is C20H27N12O5P. The maximum atomic E-state index is 12.3. The first-order valence-electron chi connectivity index (χ1n) is 11.9. The van der Waals surface area contributed by atoms with Crippen LogP contribution in [0.15, 0.2) is 12.7 Å². The minimum absolute atomic E-state index is 0.0356. The molecule has 38 heavy (non-hydrogen) atoms. The predicted octanol–water partition coefficient (Wildman–Crippen LogP) is -0.176. The highest BCUT2D eigenvalue weighted by atomic mass is 31.1. The molecule has 202 valence electrons. The van der Waals surface area contributed by atoms with Crippen LogP contribution in [0, 0.1) is 0 Å². The second-order valence-electron chi connectivity index (χ2n) is 9.64. The third-order valence-electron chi connectivity index (χ3n) is 6.85. The van der Waals surface area contributed by atoms with Crippen molar-refractivity contribution in [3.8, 4) is 11.8 Å². The van der Waals surface area contributed by atoms with Crippen molar-refractivity contribution in [1.29, 1.82) is 0 Å². The summed E-state index contributed by atoms with van der Waals surface area (Å²) >= 11 is 0. The molecule has 8 N–H and O–H groups in total. The summed E-state index contributed by atoms with van der Waals surface area (Å²) < 4.78 is 26.6. The number of nitrogens with one attached hydrogen (secondary N) is 2. The zero-order valence-corrected chi connectivity index (χ0v) is 21.2. The average Bonchev–Trinajstić information content (AvgIpc) is 3.72. The predicted molar refractivity (Wildman–Crippen MR) is 134 cm³/mol. The molecule has 18 heteroatoms. The second-order valence-corrected chi connectivity index (χ2v) is 10.7.